The molecule has 0 saturated carbocycles. The van der Waals surface area contributed by atoms with Gasteiger partial charge in [0, 0.05) is 12.0 Å². The molecule has 2 atom stereocenters. The first kappa shape index (κ1) is 11.0. The van der Waals surface area contributed by atoms with Gasteiger partial charge in [-0.3, -0.25) is 4.79 Å². The topological polar surface area (TPSA) is 66.8 Å². The van der Waals surface area contributed by atoms with Gasteiger partial charge in [-0.1, -0.05) is 18.2 Å². The second-order valence-corrected chi connectivity index (χ2v) is 4.23. The second kappa shape index (κ2) is 3.79. The number of carboxylic acids is 1. The maximum Gasteiger partial charge on any atom is 0.306 e. The van der Waals surface area contributed by atoms with Crippen molar-refractivity contribution in [3.05, 3.63) is 29.8 Å². The Morgan fingerprint density at radius 1 is 1.56 bits per heavy atom. The molecule has 1 aliphatic heterocycles. The highest BCUT2D eigenvalue weighted by Gasteiger charge is 2.40. The van der Waals surface area contributed by atoms with Crippen molar-refractivity contribution in [1.29, 1.82) is 0 Å². The Hall–Kier alpha value is -1.55. The Morgan fingerprint density at radius 2 is 2.25 bits per heavy atom. The number of ether oxygens (including phenoxy) is 1. The van der Waals surface area contributed by atoms with Gasteiger partial charge >= 0.3 is 5.97 Å². The first-order valence-electron chi connectivity index (χ1n) is 5.21. The van der Waals surface area contributed by atoms with Crippen molar-refractivity contribution in [1.82, 2.24) is 0 Å². The van der Waals surface area contributed by atoms with Crippen molar-refractivity contribution in [3.8, 4) is 5.75 Å². The number of para-hydroxylation sites is 1. The largest absolute Gasteiger partial charge is 0.490 e. The first-order valence-corrected chi connectivity index (χ1v) is 5.21. The van der Waals surface area contributed by atoms with Gasteiger partial charge in [-0.15, -0.1) is 0 Å². The number of aliphatic carboxylic acids is 1. The number of rotatable bonds is 2. The zero-order valence-corrected chi connectivity index (χ0v) is 9.01. The predicted molar refractivity (Wildman–Crippen MR) is 57.3 cm³/mol. The van der Waals surface area contributed by atoms with Crippen molar-refractivity contribution in [2.24, 2.45) is 0 Å². The van der Waals surface area contributed by atoms with Crippen LogP contribution in [0.1, 0.15) is 25.3 Å². The molecular weight excluding hydrogens is 208 g/mol. The van der Waals surface area contributed by atoms with Crippen LogP contribution in [0.2, 0.25) is 0 Å². The van der Waals surface area contributed by atoms with E-state index in [-0.39, 0.29) is 12.5 Å². The number of carbonyl (C=O) groups is 1. The highest BCUT2D eigenvalue weighted by molar-refractivity contribution is 5.69. The minimum absolute atomic E-state index is 0.181. The molecule has 1 aromatic carbocycles. The fraction of sp³-hybridized carbons (Fsp3) is 0.417. The molecule has 2 rings (SSSR count). The van der Waals surface area contributed by atoms with Gasteiger partial charge in [0.05, 0.1) is 12.5 Å². The summed E-state index contributed by atoms with van der Waals surface area (Å²) in [7, 11) is 0. The third-order valence-electron chi connectivity index (χ3n) is 2.79. The average molecular weight is 222 g/mol. The minimum Gasteiger partial charge on any atom is -0.490 e. The van der Waals surface area contributed by atoms with Crippen LogP contribution in [0.5, 0.6) is 5.75 Å². The molecule has 0 bridgehead atoms. The zero-order valence-electron chi connectivity index (χ0n) is 9.01. The maximum absolute atomic E-state index is 10.8. The first-order chi connectivity index (χ1) is 7.51. The van der Waals surface area contributed by atoms with E-state index in [1.165, 1.54) is 0 Å². The number of carboxylic acid groups (broad SMARTS) is 1. The Morgan fingerprint density at radius 3 is 2.94 bits per heavy atom. The maximum atomic E-state index is 10.8. The number of hydrogen-bond donors (Lipinski definition) is 2. The second-order valence-electron chi connectivity index (χ2n) is 4.23. The smallest absolute Gasteiger partial charge is 0.306 e. The van der Waals surface area contributed by atoms with E-state index in [9.17, 15) is 9.90 Å². The lowest BCUT2D eigenvalue weighted by atomic mass is 9.83. The van der Waals surface area contributed by atoms with Crippen molar-refractivity contribution >= 4 is 5.97 Å². The molecule has 2 N–H and O–H groups in total. The van der Waals surface area contributed by atoms with Crippen molar-refractivity contribution in [2.45, 2.75) is 31.5 Å². The van der Waals surface area contributed by atoms with E-state index in [1.807, 2.05) is 6.92 Å². The summed E-state index contributed by atoms with van der Waals surface area (Å²) >= 11 is 0. The number of fused-ring (bicyclic) bond motifs is 1. The van der Waals surface area contributed by atoms with Crippen LogP contribution >= 0.6 is 0 Å². The molecule has 0 saturated heterocycles. The molecule has 0 aliphatic carbocycles. The summed E-state index contributed by atoms with van der Waals surface area (Å²) in [4.78, 5) is 10.8. The molecule has 16 heavy (non-hydrogen) atoms. The Balaban J connectivity index is 2.43. The fourth-order valence-corrected chi connectivity index (χ4v) is 2.22. The van der Waals surface area contributed by atoms with E-state index < -0.39 is 11.6 Å². The van der Waals surface area contributed by atoms with E-state index >= 15 is 0 Å². The molecule has 0 radical (unpaired) electrons. The molecule has 0 unspecified atom stereocenters. The van der Waals surface area contributed by atoms with Crippen LogP contribution in [0.25, 0.3) is 0 Å². The Bertz CT molecular complexity index is 415. The van der Waals surface area contributed by atoms with E-state index in [4.69, 9.17) is 9.84 Å². The summed E-state index contributed by atoms with van der Waals surface area (Å²) < 4.78 is 5.56. The molecule has 4 nitrogen and oxygen atoms in total. The van der Waals surface area contributed by atoms with Gasteiger partial charge in [-0.25, -0.2) is 0 Å². The molecule has 0 fully saturated rings. The molecule has 0 aromatic heterocycles. The predicted octanol–water partition coefficient (Wildman–Crippen LogP) is 1.52. The molecule has 4 heteroatoms. The van der Waals surface area contributed by atoms with Crippen molar-refractivity contribution in [3.63, 3.8) is 0 Å². The quantitative estimate of drug-likeness (QED) is 0.796. The van der Waals surface area contributed by atoms with Gasteiger partial charge in [0.15, 0.2) is 0 Å². The van der Waals surface area contributed by atoms with Crippen LogP contribution in [-0.4, -0.2) is 22.3 Å². The van der Waals surface area contributed by atoms with Gasteiger partial charge in [-0.2, -0.15) is 0 Å². The summed E-state index contributed by atoms with van der Waals surface area (Å²) in [6, 6.07) is 7.03. The molecule has 1 aliphatic rings. The highest BCUT2D eigenvalue weighted by atomic mass is 16.5. The van der Waals surface area contributed by atoms with Crippen LogP contribution < -0.4 is 4.74 Å². The lowest BCUT2D eigenvalue weighted by Crippen LogP contribution is -2.38. The SMILES string of the molecule is C[C@@H]1C[C@@](O)(CC(=O)O)c2ccccc2O1. The Kier molecular flexibility index (Phi) is 2.59. The number of benzene rings is 1. The van der Waals surface area contributed by atoms with Crippen LogP contribution in [0.4, 0.5) is 0 Å². The summed E-state index contributed by atoms with van der Waals surface area (Å²) in [5.41, 5.74) is -0.754. The van der Waals surface area contributed by atoms with Gasteiger partial charge < -0.3 is 14.9 Å². The van der Waals surface area contributed by atoms with Gasteiger partial charge in [0.2, 0.25) is 0 Å². The molecule has 0 amide bonds. The highest BCUT2D eigenvalue weighted by Crippen LogP contribution is 2.41. The fourth-order valence-electron chi connectivity index (χ4n) is 2.22. The van der Waals surface area contributed by atoms with Crippen LogP contribution in [0.3, 0.4) is 0 Å². The van der Waals surface area contributed by atoms with Crippen molar-refractivity contribution < 1.29 is 19.7 Å². The molecule has 1 heterocycles. The number of aliphatic hydroxyl groups is 1. The van der Waals surface area contributed by atoms with Gasteiger partial charge in [-0.05, 0) is 13.0 Å². The normalized spacial score (nSPS) is 28.0. The summed E-state index contributed by atoms with van der Waals surface area (Å²) in [6.07, 6.45) is -0.173. The van der Waals surface area contributed by atoms with Crippen LogP contribution in [0.15, 0.2) is 24.3 Å². The van der Waals surface area contributed by atoms with Crippen LogP contribution in [-0.2, 0) is 10.4 Å². The average Bonchev–Trinajstić information content (AvgIpc) is 2.15. The number of hydrogen-bond acceptors (Lipinski definition) is 3. The summed E-state index contributed by atoms with van der Waals surface area (Å²) in [5, 5.41) is 19.2. The van der Waals surface area contributed by atoms with Crippen molar-refractivity contribution in [2.75, 3.05) is 0 Å². The molecule has 86 valence electrons. The lowest BCUT2D eigenvalue weighted by molar-refractivity contribution is -0.145. The Labute approximate surface area is 93.5 Å². The molecule has 0 spiro atoms. The summed E-state index contributed by atoms with van der Waals surface area (Å²) in [5.74, 6) is -0.434. The monoisotopic (exact) mass is 222 g/mol. The van der Waals surface area contributed by atoms with E-state index in [2.05, 4.69) is 0 Å². The third kappa shape index (κ3) is 1.88. The van der Waals surface area contributed by atoms with E-state index in [0.29, 0.717) is 17.7 Å². The van der Waals surface area contributed by atoms with E-state index in [1.54, 1.807) is 24.3 Å². The van der Waals surface area contributed by atoms with Crippen LogP contribution in [0, 0.1) is 0 Å². The molecule has 1 aromatic rings. The lowest BCUT2D eigenvalue weighted by Gasteiger charge is -2.36. The third-order valence-corrected chi connectivity index (χ3v) is 2.79. The van der Waals surface area contributed by atoms with Gasteiger partial charge in [0.25, 0.3) is 0 Å². The summed E-state index contributed by atoms with van der Waals surface area (Å²) in [6.45, 7) is 1.82. The minimum atomic E-state index is -1.32. The van der Waals surface area contributed by atoms with Gasteiger partial charge in [0.1, 0.15) is 11.4 Å². The standard InChI is InChI=1S/C12H14O4/c1-8-6-12(15,7-11(13)14)9-4-2-3-5-10(9)16-8/h2-5,8,15H,6-7H2,1H3,(H,13,14)/t8-,12-/m1/s1. The van der Waals surface area contributed by atoms with E-state index in [0.717, 1.165) is 0 Å². The molecular formula is C12H14O4. The zero-order chi connectivity index (χ0) is 11.8.